The van der Waals surface area contributed by atoms with Crippen LogP contribution in [-0.2, 0) is 18.3 Å². The first-order valence-electron chi connectivity index (χ1n) is 10.1. The van der Waals surface area contributed by atoms with Crippen LogP contribution in [0.15, 0.2) is 35.3 Å². The smallest absolute Gasteiger partial charge is 0.191 e. The van der Waals surface area contributed by atoms with E-state index < -0.39 is 0 Å². The lowest BCUT2D eigenvalue weighted by atomic mass is 10.3. The minimum absolute atomic E-state index is 0.462. The summed E-state index contributed by atoms with van der Waals surface area (Å²) in [5.41, 5.74) is 0. The molecule has 9 nitrogen and oxygen atoms in total. The van der Waals surface area contributed by atoms with Crippen molar-refractivity contribution in [1.82, 2.24) is 30.3 Å². The second kappa shape index (κ2) is 11.4. The predicted octanol–water partition coefficient (Wildman–Crippen LogP) is 0.570. The number of hydrogen-bond acceptors (Lipinski definition) is 6. The van der Waals surface area contributed by atoms with Crippen LogP contribution in [0.2, 0.25) is 0 Å². The fourth-order valence-electron chi connectivity index (χ4n) is 2.92. The Hall–Kier alpha value is -2.65. The van der Waals surface area contributed by atoms with Gasteiger partial charge in [0.15, 0.2) is 11.8 Å². The van der Waals surface area contributed by atoms with E-state index in [0.717, 1.165) is 62.8 Å². The highest BCUT2D eigenvalue weighted by Crippen LogP contribution is 2.07. The van der Waals surface area contributed by atoms with Crippen LogP contribution in [0.4, 0.5) is 0 Å². The summed E-state index contributed by atoms with van der Waals surface area (Å²) in [4.78, 5) is 7.06. The molecule has 1 aromatic heterocycles. The van der Waals surface area contributed by atoms with E-state index >= 15 is 0 Å². The number of nitrogens with one attached hydrogen (secondary N) is 2. The van der Waals surface area contributed by atoms with Crippen LogP contribution in [0, 0.1) is 6.92 Å². The van der Waals surface area contributed by atoms with Crippen molar-refractivity contribution >= 4 is 5.96 Å². The monoisotopic (exact) mass is 401 g/mol. The number of aliphatic imine (C=N–C) groups is 1. The van der Waals surface area contributed by atoms with Crippen LogP contribution < -0.4 is 15.4 Å². The van der Waals surface area contributed by atoms with Crippen molar-refractivity contribution < 1.29 is 9.47 Å². The number of benzene rings is 1. The Bertz CT molecular complexity index is 757. The number of para-hydroxylation sites is 1. The van der Waals surface area contributed by atoms with Crippen molar-refractivity contribution in [2.45, 2.75) is 13.5 Å². The van der Waals surface area contributed by atoms with Gasteiger partial charge in [-0.2, -0.15) is 0 Å². The maximum absolute atomic E-state index is 5.75. The molecule has 1 saturated heterocycles. The second-order valence-corrected chi connectivity index (χ2v) is 6.86. The fourth-order valence-corrected chi connectivity index (χ4v) is 2.92. The first kappa shape index (κ1) is 21.1. The van der Waals surface area contributed by atoms with E-state index in [0.29, 0.717) is 19.7 Å². The molecule has 2 aromatic rings. The van der Waals surface area contributed by atoms with Gasteiger partial charge in [0.25, 0.3) is 0 Å². The lowest BCUT2D eigenvalue weighted by Crippen LogP contribution is -2.45. The number of ether oxygens (including phenoxy) is 2. The van der Waals surface area contributed by atoms with Crippen molar-refractivity contribution in [1.29, 1.82) is 0 Å². The predicted molar refractivity (Wildman–Crippen MR) is 112 cm³/mol. The summed E-state index contributed by atoms with van der Waals surface area (Å²) < 4.78 is 13.1. The average Bonchev–Trinajstić information content (AvgIpc) is 3.08. The largest absolute Gasteiger partial charge is 0.492 e. The minimum atomic E-state index is 0.462. The summed E-state index contributed by atoms with van der Waals surface area (Å²) in [7, 11) is 1.95. The van der Waals surface area contributed by atoms with Gasteiger partial charge in [-0.25, -0.2) is 4.99 Å². The molecule has 1 fully saturated rings. The third kappa shape index (κ3) is 7.03. The zero-order valence-electron chi connectivity index (χ0n) is 17.3. The third-order valence-corrected chi connectivity index (χ3v) is 4.79. The molecular formula is C20H31N7O2. The van der Waals surface area contributed by atoms with Crippen molar-refractivity contribution in [3.8, 4) is 5.75 Å². The van der Waals surface area contributed by atoms with E-state index in [1.807, 2.05) is 48.9 Å². The highest BCUT2D eigenvalue weighted by atomic mass is 16.5. The number of morpholine rings is 1. The van der Waals surface area contributed by atoms with Crippen LogP contribution in [0.3, 0.4) is 0 Å². The molecule has 0 saturated carbocycles. The fraction of sp³-hybridized carbons (Fsp3) is 0.550. The zero-order chi connectivity index (χ0) is 20.3. The summed E-state index contributed by atoms with van der Waals surface area (Å²) >= 11 is 0. The third-order valence-electron chi connectivity index (χ3n) is 4.79. The van der Waals surface area contributed by atoms with Gasteiger partial charge in [0.1, 0.15) is 24.7 Å². The highest BCUT2D eigenvalue weighted by molar-refractivity contribution is 5.79. The maximum atomic E-state index is 5.75. The van der Waals surface area contributed by atoms with E-state index in [1.165, 1.54) is 0 Å². The van der Waals surface area contributed by atoms with Gasteiger partial charge in [-0.1, -0.05) is 18.2 Å². The molecule has 9 heteroatoms. The van der Waals surface area contributed by atoms with E-state index in [9.17, 15) is 0 Å². The van der Waals surface area contributed by atoms with Gasteiger partial charge in [-0.3, -0.25) is 4.90 Å². The molecule has 158 valence electrons. The Kier molecular flexibility index (Phi) is 8.26. The van der Waals surface area contributed by atoms with Gasteiger partial charge in [-0.05, 0) is 19.1 Å². The molecular weight excluding hydrogens is 370 g/mol. The minimum Gasteiger partial charge on any atom is -0.492 e. The Balaban J connectivity index is 1.48. The summed E-state index contributed by atoms with van der Waals surface area (Å²) in [5, 5.41) is 15.0. The maximum Gasteiger partial charge on any atom is 0.191 e. The summed E-state index contributed by atoms with van der Waals surface area (Å²) in [6, 6.07) is 9.80. The first-order valence-corrected chi connectivity index (χ1v) is 10.1. The van der Waals surface area contributed by atoms with Gasteiger partial charge in [-0.15, -0.1) is 10.2 Å². The molecule has 0 aliphatic carbocycles. The molecule has 1 aliphatic rings. The summed E-state index contributed by atoms with van der Waals surface area (Å²) in [6.07, 6.45) is 0. The first-order chi connectivity index (χ1) is 14.2. The quantitative estimate of drug-likeness (QED) is 0.361. The number of guanidine groups is 1. The standard InChI is InChI=1S/C20H31N7O2/c1-17-24-25-19(26(17)2)16-23-20(21-8-10-27-11-14-28-15-12-27)22-9-13-29-18-6-4-3-5-7-18/h3-7H,8-16H2,1-2H3,(H2,21,22,23). The average molecular weight is 402 g/mol. The molecule has 0 bridgehead atoms. The second-order valence-electron chi connectivity index (χ2n) is 6.86. The molecule has 29 heavy (non-hydrogen) atoms. The molecule has 2 heterocycles. The number of hydrogen-bond donors (Lipinski definition) is 2. The summed E-state index contributed by atoms with van der Waals surface area (Å²) in [6.45, 7) is 8.92. The van der Waals surface area contributed by atoms with E-state index in [-0.39, 0.29) is 0 Å². The molecule has 0 radical (unpaired) electrons. The van der Waals surface area contributed by atoms with Crippen molar-refractivity contribution in [2.75, 3.05) is 52.5 Å². The van der Waals surface area contributed by atoms with Gasteiger partial charge < -0.3 is 24.7 Å². The van der Waals surface area contributed by atoms with Crippen LogP contribution in [-0.4, -0.2) is 78.2 Å². The molecule has 1 aliphatic heterocycles. The number of rotatable bonds is 9. The van der Waals surface area contributed by atoms with Gasteiger partial charge in [0.2, 0.25) is 0 Å². The Morgan fingerprint density at radius 1 is 1.14 bits per heavy atom. The van der Waals surface area contributed by atoms with Crippen molar-refractivity contribution in [3.05, 3.63) is 42.0 Å². The van der Waals surface area contributed by atoms with E-state index in [1.54, 1.807) is 0 Å². The molecule has 1 aromatic carbocycles. The summed E-state index contributed by atoms with van der Waals surface area (Å²) in [5.74, 6) is 3.32. The SMILES string of the molecule is Cc1nnc(CN=C(NCCOc2ccccc2)NCCN2CCOCC2)n1C. The number of aryl methyl sites for hydroxylation is 1. The zero-order valence-corrected chi connectivity index (χ0v) is 17.3. The van der Waals surface area contributed by atoms with E-state index in [4.69, 9.17) is 9.47 Å². The lowest BCUT2D eigenvalue weighted by Gasteiger charge is -2.26. The van der Waals surface area contributed by atoms with Crippen LogP contribution in [0.25, 0.3) is 0 Å². The molecule has 3 rings (SSSR count). The highest BCUT2D eigenvalue weighted by Gasteiger charge is 2.10. The van der Waals surface area contributed by atoms with Crippen LogP contribution >= 0.6 is 0 Å². The van der Waals surface area contributed by atoms with Gasteiger partial charge in [0.05, 0.1) is 19.8 Å². The Morgan fingerprint density at radius 2 is 1.90 bits per heavy atom. The van der Waals surface area contributed by atoms with Crippen LogP contribution in [0.5, 0.6) is 5.75 Å². The van der Waals surface area contributed by atoms with E-state index in [2.05, 4.69) is 30.7 Å². The van der Waals surface area contributed by atoms with Crippen LogP contribution in [0.1, 0.15) is 11.6 Å². The Morgan fingerprint density at radius 3 is 2.62 bits per heavy atom. The number of nitrogens with zero attached hydrogens (tertiary/aromatic N) is 5. The molecule has 0 atom stereocenters. The molecule has 0 spiro atoms. The molecule has 0 unspecified atom stereocenters. The topological polar surface area (TPSA) is 88.8 Å². The van der Waals surface area contributed by atoms with Crippen molar-refractivity contribution in [3.63, 3.8) is 0 Å². The van der Waals surface area contributed by atoms with Gasteiger partial charge in [0, 0.05) is 33.2 Å². The lowest BCUT2D eigenvalue weighted by molar-refractivity contribution is 0.0389. The molecule has 2 N–H and O–H groups in total. The normalized spacial score (nSPS) is 15.3. The van der Waals surface area contributed by atoms with Gasteiger partial charge >= 0.3 is 0 Å². The number of aromatic nitrogens is 3. The Labute approximate surface area is 172 Å². The van der Waals surface area contributed by atoms with Crippen molar-refractivity contribution in [2.24, 2.45) is 12.0 Å². The molecule has 0 amide bonds.